The highest BCUT2D eigenvalue weighted by molar-refractivity contribution is 8.07. The summed E-state index contributed by atoms with van der Waals surface area (Å²) in [5.74, 6) is 1.14. The van der Waals surface area contributed by atoms with Crippen molar-refractivity contribution >= 4 is 40.8 Å². The standard InChI is InChI=1S/C30H38ClN3O2S/c1-8-13-25(37-26(12-5)34(6)16-9-2)30(35)33-29-22-15-14-20(17-23(22)32-29)27-21(11-4)19(10-3)18-24(36-7)28(27)31/h12-15,17-18H,8-11,16H2,1-7H3,(H,32,33,35)/b25-13-,26-12-. The molecule has 0 unspecified atom stereocenters. The molecule has 2 aromatic rings. The lowest BCUT2D eigenvalue weighted by Crippen LogP contribution is -2.35. The van der Waals surface area contributed by atoms with Gasteiger partial charge in [0.25, 0.3) is 5.91 Å². The third-order valence-corrected chi connectivity index (χ3v) is 8.10. The summed E-state index contributed by atoms with van der Waals surface area (Å²) in [6.45, 7) is 11.4. The molecule has 1 aliphatic rings. The molecule has 0 aromatic heterocycles. The maximum absolute atomic E-state index is 13.2. The number of nitrogens with zero attached hydrogens (tertiary/aromatic N) is 2. The molecular weight excluding hydrogens is 502 g/mol. The van der Waals surface area contributed by atoms with Gasteiger partial charge in [0.15, 0.2) is 0 Å². The van der Waals surface area contributed by atoms with Gasteiger partial charge in [-0.15, -0.1) is 0 Å². The number of fused-ring (bicyclic) bond motifs is 1. The number of aryl methyl sites for hydroxylation is 1. The number of carbonyl (C=O) groups is 1. The molecule has 2 aromatic carbocycles. The molecule has 1 aliphatic heterocycles. The van der Waals surface area contributed by atoms with Crippen LogP contribution in [0.25, 0.3) is 11.1 Å². The van der Waals surface area contributed by atoms with Crippen LogP contribution in [-0.4, -0.2) is 37.3 Å². The summed E-state index contributed by atoms with van der Waals surface area (Å²) in [6, 6.07) is 8.14. The number of allylic oxidation sites excluding steroid dienone is 2. The number of hydrogen-bond donors (Lipinski definition) is 1. The predicted molar refractivity (Wildman–Crippen MR) is 159 cm³/mol. The molecule has 198 valence electrons. The van der Waals surface area contributed by atoms with E-state index in [2.05, 4.69) is 43.0 Å². The fourth-order valence-electron chi connectivity index (χ4n) is 4.55. The Kier molecular flexibility index (Phi) is 10.3. The first-order chi connectivity index (χ1) is 17.8. The number of rotatable bonds is 11. The summed E-state index contributed by atoms with van der Waals surface area (Å²) >= 11 is 8.28. The minimum atomic E-state index is -0.138. The predicted octanol–water partition coefficient (Wildman–Crippen LogP) is 7.88. The topological polar surface area (TPSA) is 53.9 Å². The highest BCUT2D eigenvalue weighted by Crippen LogP contribution is 2.43. The van der Waals surface area contributed by atoms with E-state index in [0.717, 1.165) is 59.6 Å². The number of hydrogen-bond acceptors (Lipinski definition) is 5. The molecule has 0 saturated heterocycles. The number of benzene rings is 2. The fourth-order valence-corrected chi connectivity index (χ4v) is 5.89. The highest BCUT2D eigenvalue weighted by atomic mass is 35.5. The number of nitrogens with one attached hydrogen (secondary N) is 1. The SMILES string of the molecule is C/C=C(\S/C(=C\CC)C(=O)NC1=Nc2cc(-c3c(Cl)c(OC)cc(CC)c3CC)ccc21)N(C)CCC. The van der Waals surface area contributed by atoms with E-state index >= 15 is 0 Å². The first-order valence-electron chi connectivity index (χ1n) is 13.0. The first kappa shape index (κ1) is 28.9. The zero-order valence-corrected chi connectivity index (χ0v) is 24.6. The number of carbonyl (C=O) groups excluding carboxylic acids is 1. The van der Waals surface area contributed by atoms with E-state index in [0.29, 0.717) is 21.5 Å². The van der Waals surface area contributed by atoms with Gasteiger partial charge in [-0.05, 0) is 67.5 Å². The number of ether oxygens (including phenoxy) is 1. The summed E-state index contributed by atoms with van der Waals surface area (Å²) < 4.78 is 5.56. The quantitative estimate of drug-likeness (QED) is 0.295. The molecule has 0 atom stereocenters. The lowest BCUT2D eigenvalue weighted by molar-refractivity contribution is -0.115. The minimum absolute atomic E-state index is 0.138. The van der Waals surface area contributed by atoms with E-state index in [1.165, 1.54) is 22.9 Å². The van der Waals surface area contributed by atoms with Gasteiger partial charge in [0, 0.05) is 24.7 Å². The van der Waals surface area contributed by atoms with Gasteiger partial charge < -0.3 is 15.0 Å². The molecular formula is C30H38ClN3O2S. The molecule has 0 spiro atoms. The summed E-state index contributed by atoms with van der Waals surface area (Å²) in [4.78, 5) is 20.7. The van der Waals surface area contributed by atoms with Crippen molar-refractivity contribution in [2.75, 3.05) is 20.7 Å². The van der Waals surface area contributed by atoms with E-state index in [1.54, 1.807) is 7.11 Å². The minimum Gasteiger partial charge on any atom is -0.495 e. The highest BCUT2D eigenvalue weighted by Gasteiger charge is 2.25. The Labute approximate surface area is 231 Å². The van der Waals surface area contributed by atoms with E-state index in [4.69, 9.17) is 16.3 Å². The van der Waals surface area contributed by atoms with Crippen LogP contribution in [0.4, 0.5) is 5.69 Å². The van der Waals surface area contributed by atoms with Crippen molar-refractivity contribution in [3.63, 3.8) is 0 Å². The van der Waals surface area contributed by atoms with Crippen LogP contribution in [0.3, 0.4) is 0 Å². The molecule has 37 heavy (non-hydrogen) atoms. The Morgan fingerprint density at radius 3 is 2.51 bits per heavy atom. The van der Waals surface area contributed by atoms with Gasteiger partial charge in [-0.25, -0.2) is 4.99 Å². The van der Waals surface area contributed by atoms with Crippen LogP contribution in [0.5, 0.6) is 5.75 Å². The van der Waals surface area contributed by atoms with Crippen molar-refractivity contribution in [1.29, 1.82) is 0 Å². The number of amides is 1. The van der Waals surface area contributed by atoms with Crippen LogP contribution < -0.4 is 10.1 Å². The van der Waals surface area contributed by atoms with E-state index < -0.39 is 0 Å². The Hall–Kier alpha value is -2.70. The first-order valence-corrected chi connectivity index (χ1v) is 14.2. The van der Waals surface area contributed by atoms with Crippen molar-refractivity contribution < 1.29 is 9.53 Å². The smallest absolute Gasteiger partial charge is 0.263 e. The number of thioether (sulfide) groups is 1. The van der Waals surface area contributed by atoms with Gasteiger partial charge in [-0.3, -0.25) is 4.79 Å². The lowest BCUT2D eigenvalue weighted by atomic mass is 9.90. The summed E-state index contributed by atoms with van der Waals surface area (Å²) in [7, 11) is 3.70. The number of amidine groups is 1. The zero-order valence-electron chi connectivity index (χ0n) is 23.0. The normalized spacial score (nSPS) is 13.0. The summed E-state index contributed by atoms with van der Waals surface area (Å²) in [6.07, 6.45) is 7.61. The summed E-state index contributed by atoms with van der Waals surface area (Å²) in [5.41, 5.74) is 6.23. The van der Waals surface area contributed by atoms with Gasteiger partial charge in [-0.1, -0.05) is 69.3 Å². The van der Waals surface area contributed by atoms with Gasteiger partial charge in [0.1, 0.15) is 11.6 Å². The maximum Gasteiger partial charge on any atom is 0.263 e. The van der Waals surface area contributed by atoms with Crippen molar-refractivity contribution in [2.45, 2.75) is 60.3 Å². The van der Waals surface area contributed by atoms with Crippen LogP contribution in [0.1, 0.15) is 64.2 Å². The van der Waals surface area contributed by atoms with E-state index in [-0.39, 0.29) is 5.91 Å². The molecule has 7 heteroatoms. The van der Waals surface area contributed by atoms with Crippen molar-refractivity contribution in [3.05, 3.63) is 68.1 Å². The van der Waals surface area contributed by atoms with E-state index in [1.807, 2.05) is 50.3 Å². The van der Waals surface area contributed by atoms with Gasteiger partial charge in [0.05, 0.1) is 27.8 Å². The number of methoxy groups -OCH3 is 1. The molecule has 1 amide bonds. The van der Waals surface area contributed by atoms with Crippen LogP contribution in [0.2, 0.25) is 5.02 Å². The van der Waals surface area contributed by atoms with Gasteiger partial charge >= 0.3 is 0 Å². The van der Waals surface area contributed by atoms with Crippen LogP contribution in [0, 0.1) is 0 Å². The molecule has 1 N–H and O–H groups in total. The van der Waals surface area contributed by atoms with E-state index in [9.17, 15) is 4.79 Å². The van der Waals surface area contributed by atoms with Crippen molar-refractivity contribution in [2.24, 2.45) is 4.99 Å². The molecule has 0 fully saturated rings. The third-order valence-electron chi connectivity index (χ3n) is 6.40. The van der Waals surface area contributed by atoms with Gasteiger partial charge in [0.2, 0.25) is 0 Å². The monoisotopic (exact) mass is 539 g/mol. The van der Waals surface area contributed by atoms with Crippen LogP contribution in [0.15, 0.2) is 51.3 Å². The molecule has 3 rings (SSSR count). The zero-order chi connectivity index (χ0) is 27.1. The number of halogens is 1. The second-order valence-electron chi connectivity index (χ2n) is 8.89. The average Bonchev–Trinajstić information content (AvgIpc) is 2.89. The molecule has 5 nitrogen and oxygen atoms in total. The number of aliphatic imine (C=N–C) groups is 1. The maximum atomic E-state index is 13.2. The van der Waals surface area contributed by atoms with Crippen molar-refractivity contribution in [3.8, 4) is 16.9 Å². The largest absolute Gasteiger partial charge is 0.495 e. The second-order valence-corrected chi connectivity index (χ2v) is 10.3. The summed E-state index contributed by atoms with van der Waals surface area (Å²) in [5, 5.41) is 4.70. The molecule has 0 bridgehead atoms. The molecule has 0 aliphatic carbocycles. The Morgan fingerprint density at radius 2 is 1.95 bits per heavy atom. The lowest BCUT2D eigenvalue weighted by Gasteiger charge is -2.24. The van der Waals surface area contributed by atoms with Gasteiger partial charge in [-0.2, -0.15) is 0 Å². The Balaban J connectivity index is 1.85. The fraction of sp³-hybridized carbons (Fsp3) is 0.400. The third kappa shape index (κ3) is 6.24. The molecule has 1 heterocycles. The molecule has 0 saturated carbocycles. The second kappa shape index (κ2) is 13.2. The van der Waals surface area contributed by atoms with Crippen LogP contribution in [-0.2, 0) is 17.6 Å². The van der Waals surface area contributed by atoms with Crippen LogP contribution >= 0.6 is 23.4 Å². The molecule has 0 radical (unpaired) electrons. The van der Waals surface area contributed by atoms with Crippen molar-refractivity contribution in [1.82, 2.24) is 10.2 Å². The Bertz CT molecular complexity index is 1250. The average molecular weight is 540 g/mol. The Morgan fingerprint density at radius 1 is 1.19 bits per heavy atom.